The van der Waals surface area contributed by atoms with Crippen molar-refractivity contribution in [1.82, 2.24) is 5.32 Å². The van der Waals surface area contributed by atoms with Crippen molar-refractivity contribution in [2.75, 3.05) is 6.61 Å². The van der Waals surface area contributed by atoms with E-state index < -0.39 is 6.17 Å². The summed E-state index contributed by atoms with van der Waals surface area (Å²) in [6.07, 6.45) is 1.15. The van der Waals surface area contributed by atoms with E-state index in [9.17, 15) is 9.50 Å². The number of para-hydroxylation sites is 1. The lowest BCUT2D eigenvalue weighted by Crippen LogP contribution is -2.33. The van der Waals surface area contributed by atoms with Crippen molar-refractivity contribution in [3.05, 3.63) is 94.8 Å². The Morgan fingerprint density at radius 3 is 2.55 bits per heavy atom. The molecular weight excluding hydrogens is 391 g/mol. The van der Waals surface area contributed by atoms with Crippen LogP contribution < -0.4 is 10.1 Å². The van der Waals surface area contributed by atoms with Crippen molar-refractivity contribution < 1.29 is 14.2 Å². The lowest BCUT2D eigenvalue weighted by molar-refractivity contribution is 0.313. The first kappa shape index (κ1) is 21.1. The van der Waals surface area contributed by atoms with Crippen LogP contribution in [0, 0.1) is 5.82 Å². The number of aromatic hydroxyl groups is 1. The predicted octanol–water partition coefficient (Wildman–Crippen LogP) is 5.71. The number of halogens is 1. The van der Waals surface area contributed by atoms with Crippen LogP contribution in [0.2, 0.25) is 0 Å². The van der Waals surface area contributed by atoms with Crippen molar-refractivity contribution in [3.8, 4) is 11.5 Å². The van der Waals surface area contributed by atoms with Gasteiger partial charge in [-0.1, -0.05) is 55.5 Å². The minimum Gasteiger partial charge on any atom is -0.504 e. The number of hydrogen-bond donors (Lipinski definition) is 2. The first-order chi connectivity index (χ1) is 15.1. The Morgan fingerprint density at radius 2 is 1.84 bits per heavy atom. The van der Waals surface area contributed by atoms with E-state index in [1.807, 2.05) is 25.1 Å². The Labute approximate surface area is 182 Å². The lowest BCUT2D eigenvalue weighted by Gasteiger charge is -2.31. The van der Waals surface area contributed by atoms with E-state index >= 15 is 0 Å². The average Bonchev–Trinajstić information content (AvgIpc) is 2.80. The van der Waals surface area contributed by atoms with Gasteiger partial charge in [-0.15, -0.1) is 0 Å². The molecule has 0 fully saturated rings. The van der Waals surface area contributed by atoms with Crippen molar-refractivity contribution in [2.24, 2.45) is 4.99 Å². The van der Waals surface area contributed by atoms with Crippen molar-refractivity contribution in [1.29, 1.82) is 0 Å². The van der Waals surface area contributed by atoms with Gasteiger partial charge < -0.3 is 9.84 Å². The van der Waals surface area contributed by atoms with Gasteiger partial charge in [0.1, 0.15) is 12.0 Å². The molecule has 0 unspecified atom stereocenters. The van der Waals surface area contributed by atoms with Crippen molar-refractivity contribution in [3.63, 3.8) is 0 Å². The average molecular weight is 419 g/mol. The molecule has 5 heteroatoms. The van der Waals surface area contributed by atoms with Crippen molar-refractivity contribution in [2.45, 2.75) is 38.9 Å². The van der Waals surface area contributed by atoms with Crippen LogP contribution >= 0.6 is 0 Å². The van der Waals surface area contributed by atoms with Crippen LogP contribution in [0.1, 0.15) is 54.7 Å². The number of hydrogen-bond acceptors (Lipinski definition) is 4. The second-order valence-corrected chi connectivity index (χ2v) is 7.63. The predicted molar refractivity (Wildman–Crippen MR) is 121 cm³/mol. The minimum absolute atomic E-state index is 0.127. The van der Waals surface area contributed by atoms with Crippen LogP contribution in [0.3, 0.4) is 0 Å². The highest BCUT2D eigenvalue weighted by Gasteiger charge is 2.28. The zero-order valence-corrected chi connectivity index (χ0v) is 17.8. The van der Waals surface area contributed by atoms with Crippen LogP contribution in [-0.2, 0) is 6.42 Å². The fraction of sp³-hybridized carbons (Fsp3) is 0.269. The summed E-state index contributed by atoms with van der Waals surface area (Å²) in [4.78, 5) is 4.91. The highest BCUT2D eigenvalue weighted by Crippen LogP contribution is 2.38. The number of phenols is 1. The van der Waals surface area contributed by atoms with Crippen LogP contribution in [0.25, 0.3) is 0 Å². The van der Waals surface area contributed by atoms with E-state index in [-0.39, 0.29) is 17.6 Å². The van der Waals surface area contributed by atoms with E-state index in [0.29, 0.717) is 18.8 Å². The van der Waals surface area contributed by atoms with E-state index in [0.717, 1.165) is 28.8 Å². The summed E-state index contributed by atoms with van der Waals surface area (Å²) in [5, 5.41) is 14.3. The molecule has 3 aromatic rings. The summed E-state index contributed by atoms with van der Waals surface area (Å²) >= 11 is 0. The lowest BCUT2D eigenvalue weighted by atomic mass is 9.93. The maximum atomic E-state index is 13.9. The molecule has 0 spiro atoms. The molecule has 0 saturated heterocycles. The first-order valence-electron chi connectivity index (χ1n) is 10.7. The Bertz CT molecular complexity index is 1080. The second-order valence-electron chi connectivity index (χ2n) is 7.63. The summed E-state index contributed by atoms with van der Waals surface area (Å²) in [6.45, 7) is 4.48. The van der Waals surface area contributed by atoms with Gasteiger partial charge in [0.25, 0.3) is 0 Å². The van der Waals surface area contributed by atoms with E-state index in [4.69, 9.17) is 9.73 Å². The van der Waals surface area contributed by atoms with E-state index in [2.05, 4.69) is 36.5 Å². The molecule has 1 aliphatic heterocycles. The van der Waals surface area contributed by atoms with E-state index in [1.54, 1.807) is 12.1 Å². The molecule has 0 aliphatic carbocycles. The third-order valence-corrected chi connectivity index (χ3v) is 5.61. The molecule has 0 radical (unpaired) electrons. The van der Waals surface area contributed by atoms with Gasteiger partial charge in [-0.3, -0.25) is 10.3 Å². The largest absolute Gasteiger partial charge is 0.504 e. The van der Waals surface area contributed by atoms with E-state index in [1.165, 1.54) is 17.7 Å². The first-order valence-corrected chi connectivity index (χ1v) is 10.7. The van der Waals surface area contributed by atoms with Crippen molar-refractivity contribution >= 4 is 5.71 Å². The molecular formula is C26H27FN2O2. The Morgan fingerprint density at radius 1 is 1.06 bits per heavy atom. The molecule has 160 valence electrons. The molecule has 1 aliphatic rings. The van der Waals surface area contributed by atoms with Crippen LogP contribution in [0.4, 0.5) is 4.39 Å². The maximum absolute atomic E-state index is 13.9. The fourth-order valence-corrected chi connectivity index (χ4v) is 3.95. The third kappa shape index (κ3) is 4.62. The quantitative estimate of drug-likeness (QED) is 0.539. The Kier molecular flexibility index (Phi) is 6.33. The van der Waals surface area contributed by atoms with Gasteiger partial charge in [0, 0.05) is 23.7 Å². The standard InChI is InChI=1S/C26H27FN2O2/c1-3-17-11-13-18(14-12-17)22-16-23(21-9-6-10-24(25(21)30)31-4-2)29-26(28-22)19-7-5-8-20(27)15-19/h5-15,23,26,29-30H,3-4,16H2,1-2H3/t23-,26-/m0/s1. The zero-order chi connectivity index (χ0) is 21.8. The number of ether oxygens (including phenoxy) is 1. The highest BCUT2D eigenvalue weighted by molar-refractivity contribution is 6.01. The molecule has 2 N–H and O–H groups in total. The second kappa shape index (κ2) is 9.31. The summed E-state index contributed by atoms with van der Waals surface area (Å²) in [5.74, 6) is 0.287. The Balaban J connectivity index is 1.74. The number of nitrogens with zero attached hydrogens (tertiary/aromatic N) is 1. The molecule has 0 saturated carbocycles. The molecule has 3 aromatic carbocycles. The van der Waals surface area contributed by atoms with Gasteiger partial charge in [-0.25, -0.2) is 4.39 Å². The van der Waals surface area contributed by atoms with Gasteiger partial charge in [-0.2, -0.15) is 0 Å². The molecule has 31 heavy (non-hydrogen) atoms. The molecule has 4 nitrogen and oxygen atoms in total. The monoisotopic (exact) mass is 418 g/mol. The third-order valence-electron chi connectivity index (χ3n) is 5.61. The molecule has 1 heterocycles. The van der Waals surface area contributed by atoms with Gasteiger partial charge in [0.15, 0.2) is 11.5 Å². The summed E-state index contributed by atoms with van der Waals surface area (Å²) < 4.78 is 19.5. The number of phenolic OH excluding ortho intramolecular Hbond substituents is 1. The number of benzene rings is 3. The van der Waals surface area contributed by atoms with Gasteiger partial charge in [-0.05, 0) is 48.2 Å². The number of aliphatic imine (C=N–C) groups is 1. The van der Waals surface area contributed by atoms with Crippen LogP contribution in [0.5, 0.6) is 11.5 Å². The molecule has 0 amide bonds. The maximum Gasteiger partial charge on any atom is 0.162 e. The zero-order valence-electron chi connectivity index (χ0n) is 17.8. The number of nitrogens with one attached hydrogen (secondary N) is 1. The van der Waals surface area contributed by atoms with Gasteiger partial charge >= 0.3 is 0 Å². The summed E-state index contributed by atoms with van der Waals surface area (Å²) in [5.41, 5.74) is 4.70. The minimum atomic E-state index is -0.426. The highest BCUT2D eigenvalue weighted by atomic mass is 19.1. The van der Waals surface area contributed by atoms with Crippen LogP contribution in [0.15, 0.2) is 71.7 Å². The molecule has 4 rings (SSSR count). The van der Waals surface area contributed by atoms with Gasteiger partial charge in [0.2, 0.25) is 0 Å². The van der Waals surface area contributed by atoms with Gasteiger partial charge in [0.05, 0.1) is 6.61 Å². The van der Waals surface area contributed by atoms with Crippen LogP contribution in [-0.4, -0.2) is 17.4 Å². The SMILES string of the molecule is CCOc1cccc([C@@H]2CC(c3ccc(CC)cc3)=N[C@H](c3cccc(F)c3)N2)c1O. The topological polar surface area (TPSA) is 53.8 Å². The summed E-state index contributed by atoms with van der Waals surface area (Å²) in [7, 11) is 0. The molecule has 0 aromatic heterocycles. The molecule has 0 bridgehead atoms. The number of aryl methyl sites for hydroxylation is 1. The fourth-order valence-electron chi connectivity index (χ4n) is 3.95. The molecule has 2 atom stereocenters. The smallest absolute Gasteiger partial charge is 0.162 e. The number of rotatable bonds is 6. The summed E-state index contributed by atoms with van der Waals surface area (Å²) in [6, 6.07) is 20.2. The normalized spacial score (nSPS) is 18.5. The Hall–Kier alpha value is -3.18.